The third kappa shape index (κ3) is 4.88. The normalized spacial score (nSPS) is 15.4. The van der Waals surface area contributed by atoms with Crippen molar-refractivity contribution in [2.45, 2.75) is 13.1 Å². The molecule has 0 unspecified atom stereocenters. The van der Waals surface area contributed by atoms with Gasteiger partial charge < -0.3 is 9.73 Å². The Labute approximate surface area is 165 Å². The number of carbonyl (C=O) groups is 1. The van der Waals surface area contributed by atoms with E-state index >= 15 is 0 Å². The molecule has 0 atom stereocenters. The first-order valence-electron chi connectivity index (χ1n) is 9.69. The lowest BCUT2D eigenvalue weighted by molar-refractivity contribution is 0.0996. The van der Waals surface area contributed by atoms with Crippen molar-refractivity contribution in [1.82, 2.24) is 9.80 Å². The minimum Gasteiger partial charge on any atom is -0.459 e. The van der Waals surface area contributed by atoms with Gasteiger partial charge in [-0.1, -0.05) is 42.5 Å². The zero-order chi connectivity index (χ0) is 19.2. The summed E-state index contributed by atoms with van der Waals surface area (Å²) >= 11 is 0. The number of piperazine rings is 1. The maximum absolute atomic E-state index is 12.0. The van der Waals surface area contributed by atoms with Crippen LogP contribution in [0.4, 0.5) is 5.69 Å². The van der Waals surface area contributed by atoms with Crippen molar-refractivity contribution in [3.63, 3.8) is 0 Å². The topological polar surface area (TPSA) is 48.7 Å². The summed E-state index contributed by atoms with van der Waals surface area (Å²) in [5.41, 5.74) is 3.41. The van der Waals surface area contributed by atoms with E-state index in [1.807, 2.05) is 12.1 Å². The molecular formula is C23H25N3O2. The first kappa shape index (κ1) is 18.5. The van der Waals surface area contributed by atoms with Crippen molar-refractivity contribution in [3.8, 4) is 0 Å². The third-order valence-corrected chi connectivity index (χ3v) is 5.08. The molecule has 1 saturated heterocycles. The van der Waals surface area contributed by atoms with Crippen LogP contribution in [-0.2, 0) is 13.1 Å². The Morgan fingerprint density at radius 2 is 1.39 bits per heavy atom. The zero-order valence-corrected chi connectivity index (χ0v) is 15.9. The summed E-state index contributed by atoms with van der Waals surface area (Å²) in [5.74, 6) is 0.0877. The average Bonchev–Trinajstić information content (AvgIpc) is 3.27. The molecule has 5 nitrogen and oxygen atoms in total. The van der Waals surface area contributed by atoms with E-state index in [4.69, 9.17) is 4.42 Å². The Hall–Kier alpha value is -2.89. The van der Waals surface area contributed by atoms with Crippen molar-refractivity contribution in [2.24, 2.45) is 0 Å². The molecule has 1 aromatic heterocycles. The number of hydrogen-bond acceptors (Lipinski definition) is 4. The van der Waals surface area contributed by atoms with Gasteiger partial charge in [0.05, 0.1) is 6.26 Å². The van der Waals surface area contributed by atoms with Crippen LogP contribution in [0.3, 0.4) is 0 Å². The van der Waals surface area contributed by atoms with Gasteiger partial charge in [-0.05, 0) is 35.4 Å². The summed E-state index contributed by atoms with van der Waals surface area (Å²) in [6, 6.07) is 22.1. The van der Waals surface area contributed by atoms with Crippen molar-refractivity contribution in [1.29, 1.82) is 0 Å². The fourth-order valence-electron chi connectivity index (χ4n) is 3.50. The Balaban J connectivity index is 1.24. The van der Waals surface area contributed by atoms with E-state index in [0.717, 1.165) is 45.0 Å². The van der Waals surface area contributed by atoms with Crippen LogP contribution in [0, 0.1) is 0 Å². The lowest BCUT2D eigenvalue weighted by Gasteiger charge is -2.34. The van der Waals surface area contributed by atoms with Gasteiger partial charge in [0.15, 0.2) is 5.76 Å². The molecule has 1 amide bonds. The molecule has 2 aromatic carbocycles. The Morgan fingerprint density at radius 1 is 0.786 bits per heavy atom. The lowest BCUT2D eigenvalue weighted by atomic mass is 10.1. The monoisotopic (exact) mass is 375 g/mol. The number of amides is 1. The second-order valence-corrected chi connectivity index (χ2v) is 7.17. The van der Waals surface area contributed by atoms with Crippen LogP contribution in [0.25, 0.3) is 0 Å². The molecule has 2 heterocycles. The number of hydrogen-bond donors (Lipinski definition) is 1. The van der Waals surface area contributed by atoms with E-state index in [-0.39, 0.29) is 5.91 Å². The predicted molar refractivity (Wildman–Crippen MR) is 110 cm³/mol. The van der Waals surface area contributed by atoms with Gasteiger partial charge in [-0.3, -0.25) is 14.6 Å². The van der Waals surface area contributed by atoms with Gasteiger partial charge in [0.2, 0.25) is 0 Å². The third-order valence-electron chi connectivity index (χ3n) is 5.08. The SMILES string of the molecule is O=C(Nc1ccc(CN2CCN(Cc3ccccc3)CC2)cc1)c1ccco1. The summed E-state index contributed by atoms with van der Waals surface area (Å²) in [6.45, 7) is 6.29. The van der Waals surface area contributed by atoms with E-state index in [1.54, 1.807) is 12.1 Å². The van der Waals surface area contributed by atoms with E-state index < -0.39 is 0 Å². The molecule has 28 heavy (non-hydrogen) atoms. The highest BCUT2D eigenvalue weighted by Gasteiger charge is 2.17. The summed E-state index contributed by atoms with van der Waals surface area (Å²) < 4.78 is 5.12. The molecule has 4 rings (SSSR count). The number of nitrogens with one attached hydrogen (secondary N) is 1. The maximum Gasteiger partial charge on any atom is 0.291 e. The molecule has 5 heteroatoms. The highest BCUT2D eigenvalue weighted by atomic mass is 16.3. The predicted octanol–water partition coefficient (Wildman–Crippen LogP) is 3.85. The number of rotatable bonds is 6. The molecular weight excluding hydrogens is 350 g/mol. The van der Waals surface area contributed by atoms with Gasteiger partial charge in [0.25, 0.3) is 5.91 Å². The fraction of sp³-hybridized carbons (Fsp3) is 0.261. The van der Waals surface area contributed by atoms with Crippen molar-refractivity contribution in [2.75, 3.05) is 31.5 Å². The van der Waals surface area contributed by atoms with Gasteiger partial charge in [-0.25, -0.2) is 0 Å². The average molecular weight is 375 g/mol. The highest BCUT2D eigenvalue weighted by Crippen LogP contribution is 2.15. The van der Waals surface area contributed by atoms with Crippen LogP contribution in [-0.4, -0.2) is 41.9 Å². The van der Waals surface area contributed by atoms with Crippen molar-refractivity contribution in [3.05, 3.63) is 89.9 Å². The van der Waals surface area contributed by atoms with E-state index in [9.17, 15) is 4.79 Å². The smallest absolute Gasteiger partial charge is 0.291 e. The minimum absolute atomic E-state index is 0.229. The van der Waals surface area contributed by atoms with E-state index in [2.05, 4.69) is 57.6 Å². The highest BCUT2D eigenvalue weighted by molar-refractivity contribution is 6.02. The number of furan rings is 1. The Bertz CT molecular complexity index is 868. The second-order valence-electron chi connectivity index (χ2n) is 7.17. The lowest BCUT2D eigenvalue weighted by Crippen LogP contribution is -2.45. The first-order valence-corrected chi connectivity index (χ1v) is 9.69. The first-order chi connectivity index (χ1) is 13.8. The Kier molecular flexibility index (Phi) is 5.85. The number of nitrogens with zero attached hydrogens (tertiary/aromatic N) is 2. The molecule has 1 aliphatic heterocycles. The van der Waals surface area contributed by atoms with Crippen LogP contribution in [0.15, 0.2) is 77.4 Å². The summed E-state index contributed by atoms with van der Waals surface area (Å²) in [6.07, 6.45) is 1.50. The molecule has 0 saturated carbocycles. The molecule has 144 valence electrons. The molecule has 3 aromatic rings. The number of carbonyl (C=O) groups excluding carboxylic acids is 1. The summed E-state index contributed by atoms with van der Waals surface area (Å²) in [7, 11) is 0. The van der Waals surface area contributed by atoms with Gasteiger partial charge in [-0.2, -0.15) is 0 Å². The van der Waals surface area contributed by atoms with Gasteiger partial charge in [-0.15, -0.1) is 0 Å². The second kappa shape index (κ2) is 8.87. The molecule has 1 aliphatic rings. The van der Waals surface area contributed by atoms with Crippen molar-refractivity contribution < 1.29 is 9.21 Å². The maximum atomic E-state index is 12.0. The largest absolute Gasteiger partial charge is 0.459 e. The zero-order valence-electron chi connectivity index (χ0n) is 15.9. The number of anilines is 1. The van der Waals surface area contributed by atoms with Crippen LogP contribution in [0.5, 0.6) is 0 Å². The summed E-state index contributed by atoms with van der Waals surface area (Å²) in [4.78, 5) is 17.0. The molecule has 1 N–H and O–H groups in total. The molecule has 0 spiro atoms. The quantitative estimate of drug-likeness (QED) is 0.711. The number of benzene rings is 2. The Morgan fingerprint density at radius 3 is 1.96 bits per heavy atom. The van der Waals surface area contributed by atoms with Gasteiger partial charge >= 0.3 is 0 Å². The van der Waals surface area contributed by atoms with Crippen LogP contribution in [0.1, 0.15) is 21.7 Å². The van der Waals surface area contributed by atoms with Crippen LogP contribution < -0.4 is 5.32 Å². The molecule has 0 aliphatic carbocycles. The molecule has 0 radical (unpaired) electrons. The van der Waals surface area contributed by atoms with E-state index in [0.29, 0.717) is 5.76 Å². The minimum atomic E-state index is -0.229. The van der Waals surface area contributed by atoms with Gasteiger partial charge in [0.1, 0.15) is 0 Å². The standard InChI is InChI=1S/C23H25N3O2/c27-23(22-7-4-16-28-22)24-21-10-8-20(9-11-21)18-26-14-12-25(13-15-26)17-19-5-2-1-3-6-19/h1-11,16H,12-15,17-18H2,(H,24,27). The van der Waals surface area contributed by atoms with E-state index in [1.165, 1.54) is 17.4 Å². The van der Waals surface area contributed by atoms with Gasteiger partial charge in [0, 0.05) is 45.0 Å². The fourth-order valence-corrected chi connectivity index (χ4v) is 3.50. The van der Waals surface area contributed by atoms with Crippen LogP contribution >= 0.6 is 0 Å². The molecule has 0 bridgehead atoms. The van der Waals surface area contributed by atoms with Crippen molar-refractivity contribution >= 4 is 11.6 Å². The summed E-state index contributed by atoms with van der Waals surface area (Å²) in [5, 5.41) is 2.85. The van der Waals surface area contributed by atoms with Crippen LogP contribution in [0.2, 0.25) is 0 Å². The molecule has 1 fully saturated rings.